The van der Waals surface area contributed by atoms with Crippen molar-refractivity contribution in [3.63, 3.8) is 0 Å². The monoisotopic (exact) mass is 690 g/mol. The van der Waals surface area contributed by atoms with Crippen LogP contribution in [0, 0.1) is 11.6 Å². The predicted molar refractivity (Wildman–Crippen MR) is 180 cm³/mol. The molecule has 0 amide bonds. The maximum atomic E-state index is 16.2. The fourth-order valence-corrected chi connectivity index (χ4v) is 6.35. The van der Waals surface area contributed by atoms with Crippen molar-refractivity contribution in [2.75, 3.05) is 29.5 Å². The zero-order valence-corrected chi connectivity index (χ0v) is 27.1. The summed E-state index contributed by atoms with van der Waals surface area (Å²) in [5.41, 5.74) is 13.3. The van der Waals surface area contributed by atoms with Gasteiger partial charge in [0, 0.05) is 42.8 Å². The normalized spacial score (nSPS) is 13.9. The van der Waals surface area contributed by atoms with Crippen molar-refractivity contribution in [3.8, 4) is 11.1 Å². The van der Waals surface area contributed by atoms with Gasteiger partial charge in [-0.15, -0.1) is 0 Å². The number of fused-ring (bicyclic) bond motifs is 2. The van der Waals surface area contributed by atoms with E-state index in [9.17, 15) is 18.0 Å². The number of halogens is 2. The molecule has 1 fully saturated rings. The summed E-state index contributed by atoms with van der Waals surface area (Å²) in [7, 11) is -4.00. The van der Waals surface area contributed by atoms with Gasteiger partial charge in [0.15, 0.2) is 5.82 Å². The van der Waals surface area contributed by atoms with Gasteiger partial charge >= 0.3 is 5.97 Å². The molecule has 0 spiro atoms. The van der Waals surface area contributed by atoms with Gasteiger partial charge in [0.1, 0.15) is 17.2 Å². The highest BCUT2D eigenvalue weighted by Crippen LogP contribution is 2.41. The van der Waals surface area contributed by atoms with Crippen molar-refractivity contribution in [2.45, 2.75) is 43.7 Å². The van der Waals surface area contributed by atoms with Crippen molar-refractivity contribution >= 4 is 44.4 Å². The van der Waals surface area contributed by atoms with E-state index in [0.29, 0.717) is 30.9 Å². The molecule has 3 aromatic carbocycles. The molecular weight excluding hydrogens is 658 g/mol. The van der Waals surface area contributed by atoms with Crippen LogP contribution >= 0.6 is 0 Å². The van der Waals surface area contributed by atoms with E-state index in [-0.39, 0.29) is 45.5 Å². The van der Waals surface area contributed by atoms with Crippen molar-refractivity contribution < 1.29 is 31.3 Å². The number of nitrogens with two attached hydrogens (primary N) is 2. The fraction of sp³-hybridized carbons (Fsp3) is 0.235. The SMILES string of the molecule is CCOC(=O)c1cn(C2CC2)c2c(F)c(-c3ccc4c(c3)CCN4Cc3cnc(N)nc3N)c(F)cc2c1=O.O=S(=O)(O)c1ccccc1. The Morgan fingerprint density at radius 1 is 1.10 bits per heavy atom. The number of benzene rings is 3. The highest BCUT2D eigenvalue weighted by molar-refractivity contribution is 7.85. The summed E-state index contributed by atoms with van der Waals surface area (Å²) < 4.78 is 67.5. The summed E-state index contributed by atoms with van der Waals surface area (Å²) in [6.45, 7) is 2.86. The maximum Gasteiger partial charge on any atom is 0.343 e. The second-order valence-corrected chi connectivity index (χ2v) is 13.0. The van der Waals surface area contributed by atoms with Crippen LogP contribution in [0.4, 0.5) is 26.2 Å². The Kier molecular flexibility index (Phi) is 9.05. The number of ether oxygens (including phenoxy) is 1. The second-order valence-electron chi connectivity index (χ2n) is 11.6. The summed E-state index contributed by atoms with van der Waals surface area (Å²) >= 11 is 0. The highest BCUT2D eigenvalue weighted by atomic mass is 32.2. The van der Waals surface area contributed by atoms with Gasteiger partial charge in [0.25, 0.3) is 10.1 Å². The van der Waals surface area contributed by atoms with Crippen LogP contribution in [0.25, 0.3) is 22.0 Å². The molecule has 0 bridgehead atoms. The van der Waals surface area contributed by atoms with E-state index < -0.39 is 33.2 Å². The topological polar surface area (TPSA) is 184 Å². The van der Waals surface area contributed by atoms with E-state index in [2.05, 4.69) is 14.9 Å². The Balaban J connectivity index is 0.000000359. The minimum Gasteiger partial charge on any atom is -0.462 e. The largest absolute Gasteiger partial charge is 0.462 e. The van der Waals surface area contributed by atoms with Crippen molar-refractivity contribution in [2.24, 2.45) is 0 Å². The molecule has 3 heterocycles. The molecule has 49 heavy (non-hydrogen) atoms. The zero-order chi connectivity index (χ0) is 35.0. The molecule has 0 radical (unpaired) electrons. The van der Waals surface area contributed by atoms with E-state index in [1.807, 2.05) is 6.07 Å². The molecule has 7 rings (SSSR count). The number of hydrogen-bond acceptors (Lipinski definition) is 10. The van der Waals surface area contributed by atoms with Crippen molar-refractivity contribution in [1.82, 2.24) is 14.5 Å². The van der Waals surface area contributed by atoms with Gasteiger partial charge in [-0.1, -0.05) is 24.3 Å². The molecule has 2 aromatic heterocycles. The van der Waals surface area contributed by atoms with Gasteiger partial charge < -0.3 is 25.7 Å². The number of anilines is 3. The summed E-state index contributed by atoms with van der Waals surface area (Å²) in [5.74, 6) is -2.10. The average Bonchev–Trinajstić information content (AvgIpc) is 3.84. The van der Waals surface area contributed by atoms with Crippen LogP contribution in [0.1, 0.15) is 47.3 Å². The van der Waals surface area contributed by atoms with E-state index in [1.54, 1.807) is 48.0 Å². The van der Waals surface area contributed by atoms with Crippen molar-refractivity contribution in [1.29, 1.82) is 0 Å². The van der Waals surface area contributed by atoms with Crippen LogP contribution in [0.3, 0.4) is 0 Å². The minimum atomic E-state index is -4.00. The van der Waals surface area contributed by atoms with Crippen LogP contribution in [-0.2, 0) is 27.8 Å². The molecule has 2 aliphatic rings. The molecule has 15 heteroatoms. The Morgan fingerprint density at radius 2 is 1.84 bits per heavy atom. The molecule has 5 N–H and O–H groups in total. The third-order valence-electron chi connectivity index (χ3n) is 8.32. The Morgan fingerprint density at radius 3 is 2.47 bits per heavy atom. The Labute approximate surface area is 279 Å². The van der Waals surface area contributed by atoms with Crippen LogP contribution in [0.2, 0.25) is 0 Å². The number of carbonyl (C=O) groups excluding carboxylic acids is 1. The summed E-state index contributed by atoms with van der Waals surface area (Å²) in [5, 5.41) is -0.179. The number of carbonyl (C=O) groups is 1. The van der Waals surface area contributed by atoms with Gasteiger partial charge in [0.2, 0.25) is 11.4 Å². The third-order valence-corrected chi connectivity index (χ3v) is 9.19. The lowest BCUT2D eigenvalue weighted by atomic mass is 9.98. The number of esters is 1. The predicted octanol–water partition coefficient (Wildman–Crippen LogP) is 4.91. The van der Waals surface area contributed by atoms with E-state index >= 15 is 8.78 Å². The third kappa shape index (κ3) is 6.80. The first kappa shape index (κ1) is 33.5. The number of hydrogen-bond donors (Lipinski definition) is 3. The summed E-state index contributed by atoms with van der Waals surface area (Å²) in [6.07, 6.45) is 5.15. The standard InChI is InChI=1S/C28H26F2N6O3.C6H6O3S/c1-2-39-27(38)19-13-36(17-4-5-17)24-18(25(19)37)10-20(29)22(23(24)30)15-3-6-21-14(9-15)7-8-35(21)12-16-11-33-28(32)34-26(16)31;7-10(8,9)6-4-2-1-3-5-6/h3,6,9-11,13,17H,2,4-5,7-8,12H2,1H3,(H4,31,32,33,34);1-5H,(H,7,8,9). The van der Waals surface area contributed by atoms with E-state index in [1.165, 1.54) is 18.3 Å². The molecular formula is C34H32F2N6O6S. The summed E-state index contributed by atoms with van der Waals surface area (Å²) in [6, 6.07) is 13.6. The van der Waals surface area contributed by atoms with Crippen molar-refractivity contribution in [3.05, 3.63) is 106 Å². The molecule has 0 atom stereocenters. The first-order valence-corrected chi connectivity index (χ1v) is 16.8. The number of pyridine rings is 1. The quantitative estimate of drug-likeness (QED) is 0.156. The van der Waals surface area contributed by atoms with Crippen LogP contribution in [0.5, 0.6) is 0 Å². The molecule has 0 saturated heterocycles. The Bertz CT molecular complexity index is 2260. The Hall–Kier alpha value is -5.41. The molecule has 1 saturated carbocycles. The molecule has 1 aliphatic carbocycles. The lowest BCUT2D eigenvalue weighted by Gasteiger charge is -2.20. The van der Waals surface area contributed by atoms with Gasteiger partial charge in [-0.25, -0.2) is 18.6 Å². The minimum absolute atomic E-state index is 0.00657. The zero-order valence-electron chi connectivity index (χ0n) is 26.3. The molecule has 1 aliphatic heterocycles. The number of aromatic nitrogens is 3. The van der Waals surface area contributed by atoms with Crippen LogP contribution < -0.4 is 21.8 Å². The fourth-order valence-electron chi connectivity index (χ4n) is 5.85. The lowest BCUT2D eigenvalue weighted by molar-refractivity contribution is 0.0524. The first-order chi connectivity index (χ1) is 23.4. The van der Waals surface area contributed by atoms with E-state index in [0.717, 1.165) is 35.7 Å². The molecule has 254 valence electrons. The van der Waals surface area contributed by atoms with Gasteiger partial charge in [-0.2, -0.15) is 13.4 Å². The lowest BCUT2D eigenvalue weighted by Crippen LogP contribution is -2.22. The molecule has 0 unspecified atom stereocenters. The van der Waals surface area contributed by atoms with Gasteiger partial charge in [-0.3, -0.25) is 9.35 Å². The number of rotatable bonds is 7. The second kappa shape index (κ2) is 13.2. The summed E-state index contributed by atoms with van der Waals surface area (Å²) in [4.78, 5) is 35.5. The smallest absolute Gasteiger partial charge is 0.343 e. The molecule has 5 aromatic rings. The van der Waals surface area contributed by atoms with Crippen LogP contribution in [-0.4, -0.2) is 46.6 Å². The first-order valence-electron chi connectivity index (χ1n) is 15.4. The van der Waals surface area contributed by atoms with Gasteiger partial charge in [-0.05, 0) is 67.6 Å². The number of nitrogen functional groups attached to an aromatic ring is 2. The average molecular weight is 691 g/mol. The van der Waals surface area contributed by atoms with Crippen LogP contribution in [0.15, 0.2) is 76.7 Å². The maximum absolute atomic E-state index is 16.2. The molecule has 12 nitrogen and oxygen atoms in total. The highest BCUT2D eigenvalue weighted by Gasteiger charge is 2.31. The number of nitrogens with zero attached hydrogens (tertiary/aromatic N) is 4. The van der Waals surface area contributed by atoms with E-state index in [4.69, 9.17) is 20.8 Å². The van der Waals surface area contributed by atoms with Gasteiger partial charge in [0.05, 0.1) is 28.0 Å².